The summed E-state index contributed by atoms with van der Waals surface area (Å²) in [7, 11) is 0. The normalized spacial score (nSPS) is 21.0. The molecule has 2 heterocycles. The highest BCUT2D eigenvalue weighted by molar-refractivity contribution is 6.09. The molecule has 0 bridgehead atoms. The third kappa shape index (κ3) is 2.40. The number of pyridine rings is 1. The summed E-state index contributed by atoms with van der Waals surface area (Å²) < 4.78 is 26.6. The summed E-state index contributed by atoms with van der Waals surface area (Å²) >= 11 is 0. The first-order valence-corrected chi connectivity index (χ1v) is 6.75. The van der Waals surface area contributed by atoms with Crippen molar-refractivity contribution < 1.29 is 13.6 Å². The highest BCUT2D eigenvalue weighted by Crippen LogP contribution is 2.36. The molecular formula is C15H13F2N3O. The fraction of sp³-hybridized carbons (Fsp3) is 0.400. The second-order valence-electron chi connectivity index (χ2n) is 5.31. The van der Waals surface area contributed by atoms with E-state index < -0.39 is 5.92 Å². The van der Waals surface area contributed by atoms with Crippen LogP contribution >= 0.6 is 0 Å². The van der Waals surface area contributed by atoms with E-state index in [0.717, 1.165) is 11.1 Å². The molecular weight excluding hydrogens is 276 g/mol. The predicted octanol–water partition coefficient (Wildman–Crippen LogP) is 2.17. The Morgan fingerprint density at radius 2 is 2.05 bits per heavy atom. The molecule has 0 spiro atoms. The molecule has 0 saturated carbocycles. The molecule has 2 aliphatic rings. The standard InChI is InChI=1S/C15H13F2N3O/c16-15(17)2-5-20(6-3-15)14-11-1-4-19-9-10(11)7-13(21)12(14)8-18/h1,4,9H,2-3,5-7H2. The van der Waals surface area contributed by atoms with Crippen LogP contribution in [0.15, 0.2) is 24.0 Å². The molecule has 1 saturated heterocycles. The molecule has 1 aliphatic carbocycles. The predicted molar refractivity (Wildman–Crippen MR) is 71.2 cm³/mol. The molecule has 1 aromatic rings. The Balaban J connectivity index is 2.05. The molecule has 0 N–H and O–H groups in total. The van der Waals surface area contributed by atoms with Crippen LogP contribution in [0.1, 0.15) is 24.0 Å². The number of nitriles is 1. The summed E-state index contributed by atoms with van der Waals surface area (Å²) in [5, 5.41) is 9.27. The number of fused-ring (bicyclic) bond motifs is 1. The maximum atomic E-state index is 13.3. The van der Waals surface area contributed by atoms with Crippen molar-refractivity contribution in [3.8, 4) is 6.07 Å². The Kier molecular flexibility index (Phi) is 3.20. The van der Waals surface area contributed by atoms with Crippen LogP contribution in [-0.2, 0) is 11.2 Å². The lowest BCUT2D eigenvalue weighted by Gasteiger charge is -2.37. The summed E-state index contributed by atoms with van der Waals surface area (Å²) in [5.74, 6) is -2.94. The van der Waals surface area contributed by atoms with Gasteiger partial charge in [-0.2, -0.15) is 5.26 Å². The number of aromatic nitrogens is 1. The van der Waals surface area contributed by atoms with Gasteiger partial charge in [-0.15, -0.1) is 0 Å². The number of rotatable bonds is 1. The Morgan fingerprint density at radius 3 is 2.71 bits per heavy atom. The summed E-state index contributed by atoms with van der Waals surface area (Å²) in [6.07, 6.45) is 2.80. The van der Waals surface area contributed by atoms with Crippen LogP contribution in [0.25, 0.3) is 5.70 Å². The van der Waals surface area contributed by atoms with Crippen LogP contribution in [0.2, 0.25) is 0 Å². The van der Waals surface area contributed by atoms with Crippen molar-refractivity contribution >= 4 is 11.5 Å². The highest BCUT2D eigenvalue weighted by atomic mass is 19.3. The van der Waals surface area contributed by atoms with E-state index in [1.165, 1.54) is 0 Å². The number of carbonyl (C=O) groups is 1. The van der Waals surface area contributed by atoms with Gasteiger partial charge in [-0.25, -0.2) is 8.78 Å². The fourth-order valence-corrected chi connectivity index (χ4v) is 2.83. The van der Waals surface area contributed by atoms with E-state index in [-0.39, 0.29) is 43.7 Å². The van der Waals surface area contributed by atoms with E-state index in [4.69, 9.17) is 0 Å². The van der Waals surface area contributed by atoms with E-state index in [2.05, 4.69) is 4.98 Å². The van der Waals surface area contributed by atoms with E-state index in [9.17, 15) is 18.8 Å². The Hall–Kier alpha value is -2.29. The van der Waals surface area contributed by atoms with Gasteiger partial charge in [0.2, 0.25) is 0 Å². The van der Waals surface area contributed by atoms with E-state index in [1.807, 2.05) is 6.07 Å². The third-order valence-electron chi connectivity index (χ3n) is 3.95. The van der Waals surface area contributed by atoms with E-state index in [1.54, 1.807) is 23.4 Å². The second kappa shape index (κ2) is 4.92. The average molecular weight is 289 g/mol. The van der Waals surface area contributed by atoms with Crippen molar-refractivity contribution in [3.05, 3.63) is 35.2 Å². The number of nitrogens with zero attached hydrogens (tertiary/aromatic N) is 3. The first kappa shape index (κ1) is 13.7. The number of piperidine rings is 1. The van der Waals surface area contributed by atoms with Crippen molar-refractivity contribution in [2.75, 3.05) is 13.1 Å². The number of likely N-dealkylation sites (tertiary alicyclic amines) is 1. The van der Waals surface area contributed by atoms with Gasteiger partial charge < -0.3 is 4.90 Å². The van der Waals surface area contributed by atoms with Crippen LogP contribution < -0.4 is 0 Å². The van der Waals surface area contributed by atoms with Gasteiger partial charge in [0.15, 0.2) is 5.78 Å². The quantitative estimate of drug-likeness (QED) is 0.795. The summed E-state index contributed by atoms with van der Waals surface area (Å²) in [4.78, 5) is 17.8. The molecule has 3 rings (SSSR count). The highest BCUT2D eigenvalue weighted by Gasteiger charge is 2.37. The van der Waals surface area contributed by atoms with Crippen LogP contribution in [0.3, 0.4) is 0 Å². The smallest absolute Gasteiger partial charge is 0.251 e. The zero-order valence-electron chi connectivity index (χ0n) is 11.3. The molecule has 0 amide bonds. The Bertz CT molecular complexity index is 666. The SMILES string of the molecule is N#CC1=C(N2CCC(F)(F)CC2)c2ccncc2CC1=O. The van der Waals surface area contributed by atoms with Gasteiger partial charge in [0, 0.05) is 50.3 Å². The first-order chi connectivity index (χ1) is 10.0. The van der Waals surface area contributed by atoms with Crippen molar-refractivity contribution in [2.45, 2.75) is 25.2 Å². The molecule has 0 aromatic carbocycles. The maximum Gasteiger partial charge on any atom is 0.251 e. The van der Waals surface area contributed by atoms with E-state index >= 15 is 0 Å². The van der Waals surface area contributed by atoms with Crippen LogP contribution in [0.5, 0.6) is 0 Å². The third-order valence-corrected chi connectivity index (χ3v) is 3.95. The zero-order chi connectivity index (χ0) is 15.0. The molecule has 4 nitrogen and oxygen atoms in total. The summed E-state index contributed by atoms with van der Waals surface area (Å²) in [6, 6.07) is 3.68. The van der Waals surface area contributed by atoms with Crippen molar-refractivity contribution in [1.29, 1.82) is 5.26 Å². The van der Waals surface area contributed by atoms with E-state index in [0.29, 0.717) is 5.70 Å². The minimum absolute atomic E-state index is 0.0684. The Labute approximate surface area is 120 Å². The second-order valence-corrected chi connectivity index (χ2v) is 5.31. The number of carbonyl (C=O) groups excluding carboxylic acids is 1. The lowest BCUT2D eigenvalue weighted by Crippen LogP contribution is -2.40. The van der Waals surface area contributed by atoms with Gasteiger partial charge in [0.1, 0.15) is 11.6 Å². The number of allylic oxidation sites excluding steroid dienone is 1. The molecule has 1 aliphatic heterocycles. The number of hydrogen-bond donors (Lipinski definition) is 0. The largest absolute Gasteiger partial charge is 0.369 e. The topological polar surface area (TPSA) is 57.0 Å². The van der Waals surface area contributed by atoms with Gasteiger partial charge in [0.05, 0.1) is 5.70 Å². The summed E-state index contributed by atoms with van der Waals surface area (Å²) in [6.45, 7) is 0.283. The Morgan fingerprint density at radius 1 is 1.33 bits per heavy atom. The maximum absolute atomic E-state index is 13.3. The molecule has 0 unspecified atom stereocenters. The number of ketones is 1. The van der Waals surface area contributed by atoms with Crippen molar-refractivity contribution in [2.24, 2.45) is 0 Å². The first-order valence-electron chi connectivity index (χ1n) is 6.75. The fourth-order valence-electron chi connectivity index (χ4n) is 2.83. The number of alkyl halides is 2. The zero-order valence-corrected chi connectivity index (χ0v) is 11.3. The number of Topliss-reactive ketones (excluding diaryl/α,β-unsaturated/α-hetero) is 1. The molecule has 0 atom stereocenters. The van der Waals surface area contributed by atoms with Gasteiger partial charge in [-0.3, -0.25) is 9.78 Å². The number of halogens is 2. The van der Waals surface area contributed by atoms with Crippen LogP contribution in [0, 0.1) is 11.3 Å². The van der Waals surface area contributed by atoms with Gasteiger partial charge in [0.25, 0.3) is 5.92 Å². The van der Waals surface area contributed by atoms with Gasteiger partial charge in [-0.1, -0.05) is 0 Å². The van der Waals surface area contributed by atoms with Crippen LogP contribution in [-0.4, -0.2) is 34.7 Å². The average Bonchev–Trinajstić information content (AvgIpc) is 2.46. The van der Waals surface area contributed by atoms with Crippen LogP contribution in [0.4, 0.5) is 8.78 Å². The lowest BCUT2D eigenvalue weighted by atomic mass is 9.88. The molecule has 21 heavy (non-hydrogen) atoms. The monoisotopic (exact) mass is 289 g/mol. The molecule has 1 fully saturated rings. The molecule has 1 aromatic heterocycles. The molecule has 6 heteroatoms. The molecule has 0 radical (unpaired) electrons. The van der Waals surface area contributed by atoms with Crippen molar-refractivity contribution in [1.82, 2.24) is 9.88 Å². The summed E-state index contributed by atoms with van der Waals surface area (Å²) in [5.41, 5.74) is 2.06. The lowest BCUT2D eigenvalue weighted by molar-refractivity contribution is -0.114. The van der Waals surface area contributed by atoms with Gasteiger partial charge >= 0.3 is 0 Å². The molecule has 108 valence electrons. The van der Waals surface area contributed by atoms with Crippen molar-refractivity contribution in [3.63, 3.8) is 0 Å². The number of hydrogen-bond acceptors (Lipinski definition) is 4. The minimum Gasteiger partial charge on any atom is -0.369 e. The minimum atomic E-state index is -2.66. The van der Waals surface area contributed by atoms with Gasteiger partial charge in [-0.05, 0) is 11.6 Å².